The number of ether oxygens (including phenoxy) is 1. The maximum Gasteiger partial charge on any atom is 0.245 e. The largest absolute Gasteiger partial charge is 0.378 e. The molecule has 3 heterocycles. The first-order valence-corrected chi connectivity index (χ1v) is 11.9. The monoisotopic (exact) mass is 480 g/mol. The van der Waals surface area contributed by atoms with Crippen molar-refractivity contribution in [3.05, 3.63) is 96.1 Å². The van der Waals surface area contributed by atoms with Crippen LogP contribution in [0.25, 0.3) is 21.7 Å². The number of aromatic nitrogens is 3. The van der Waals surface area contributed by atoms with Crippen LogP contribution in [-0.2, 0) is 11.3 Å². The number of benzene rings is 3. The normalized spacial score (nSPS) is 14.2. The Balaban J connectivity index is 1.24. The van der Waals surface area contributed by atoms with Crippen molar-refractivity contribution in [2.45, 2.75) is 6.54 Å². The van der Waals surface area contributed by atoms with Gasteiger partial charge in [-0.2, -0.15) is 10.1 Å². The molecule has 5 aromatic rings. The Morgan fingerprint density at radius 1 is 1.00 bits per heavy atom. The number of morpholine rings is 1. The van der Waals surface area contributed by atoms with Gasteiger partial charge >= 0.3 is 0 Å². The highest BCUT2D eigenvalue weighted by atomic mass is 19.1. The number of rotatable bonds is 6. The molecule has 1 fully saturated rings. The van der Waals surface area contributed by atoms with Gasteiger partial charge in [0.05, 0.1) is 25.6 Å². The molecule has 0 bridgehead atoms. The third-order valence-electron chi connectivity index (χ3n) is 6.39. The van der Waals surface area contributed by atoms with Gasteiger partial charge < -0.3 is 14.2 Å². The summed E-state index contributed by atoms with van der Waals surface area (Å²) in [7, 11) is 0. The summed E-state index contributed by atoms with van der Waals surface area (Å²) < 4.78 is 21.9. The second-order valence-electron chi connectivity index (χ2n) is 8.75. The van der Waals surface area contributed by atoms with Gasteiger partial charge in [-0.05, 0) is 28.5 Å². The first-order valence-electron chi connectivity index (χ1n) is 11.9. The zero-order valence-electron chi connectivity index (χ0n) is 19.6. The van der Waals surface area contributed by atoms with E-state index in [4.69, 9.17) is 4.74 Å². The first kappa shape index (κ1) is 22.2. The smallest absolute Gasteiger partial charge is 0.245 e. The summed E-state index contributed by atoms with van der Waals surface area (Å²) in [5.74, 6) is 0.0511. The number of nitrogens with zero attached hydrogens (tertiary/aromatic N) is 5. The average molecular weight is 481 g/mol. The number of anilines is 2. The van der Waals surface area contributed by atoms with Crippen LogP contribution in [0.5, 0.6) is 0 Å². The average Bonchev–Trinajstić information content (AvgIpc) is 3.27. The zero-order chi connectivity index (χ0) is 24.3. The van der Waals surface area contributed by atoms with Crippen LogP contribution >= 0.6 is 0 Å². The second-order valence-corrected chi connectivity index (χ2v) is 8.75. The Hall–Kier alpha value is -4.30. The third kappa shape index (κ3) is 4.50. The number of hydrogen-bond donors (Lipinski definition) is 1. The van der Waals surface area contributed by atoms with E-state index >= 15 is 0 Å². The van der Waals surface area contributed by atoms with Crippen molar-refractivity contribution in [3.63, 3.8) is 0 Å². The molecule has 0 radical (unpaired) electrons. The Morgan fingerprint density at radius 2 is 1.81 bits per heavy atom. The molecular weight excluding hydrogens is 455 g/mol. The van der Waals surface area contributed by atoms with Gasteiger partial charge in [-0.3, -0.25) is 0 Å². The summed E-state index contributed by atoms with van der Waals surface area (Å²) in [6.07, 6.45) is 5.02. The molecule has 1 N–H and O–H groups in total. The summed E-state index contributed by atoms with van der Waals surface area (Å²) in [6.45, 7) is 3.03. The van der Waals surface area contributed by atoms with Crippen LogP contribution in [-0.4, -0.2) is 47.1 Å². The van der Waals surface area contributed by atoms with E-state index in [-0.39, 0.29) is 11.8 Å². The summed E-state index contributed by atoms with van der Waals surface area (Å²) in [5.41, 5.74) is 6.18. The molecule has 0 unspecified atom stereocenters. The molecule has 36 heavy (non-hydrogen) atoms. The maximum absolute atomic E-state index is 14.3. The van der Waals surface area contributed by atoms with Crippen LogP contribution in [0.2, 0.25) is 0 Å². The van der Waals surface area contributed by atoms with E-state index in [1.54, 1.807) is 6.21 Å². The van der Waals surface area contributed by atoms with Gasteiger partial charge in [-0.1, -0.05) is 54.6 Å². The molecule has 2 aromatic heterocycles. The van der Waals surface area contributed by atoms with Crippen LogP contribution in [0.3, 0.4) is 0 Å². The lowest BCUT2D eigenvalue weighted by Gasteiger charge is -2.27. The predicted molar refractivity (Wildman–Crippen MR) is 141 cm³/mol. The number of nitrogens with one attached hydrogen (secondary N) is 1. The number of hydrazone groups is 1. The minimum absolute atomic E-state index is 0.244. The summed E-state index contributed by atoms with van der Waals surface area (Å²) in [5, 5.41) is 7.92. The van der Waals surface area contributed by atoms with E-state index in [1.165, 1.54) is 22.5 Å². The first-order chi connectivity index (χ1) is 17.7. The highest BCUT2D eigenvalue weighted by molar-refractivity contribution is 5.99. The van der Waals surface area contributed by atoms with E-state index in [1.807, 2.05) is 17.0 Å². The molecule has 0 spiro atoms. The predicted octanol–water partition coefficient (Wildman–Crippen LogP) is 5.05. The molecule has 1 saturated heterocycles. The van der Waals surface area contributed by atoms with Crippen molar-refractivity contribution in [1.29, 1.82) is 0 Å². The minimum Gasteiger partial charge on any atom is -0.378 e. The van der Waals surface area contributed by atoms with Crippen molar-refractivity contribution < 1.29 is 9.13 Å². The van der Waals surface area contributed by atoms with Gasteiger partial charge in [0.25, 0.3) is 0 Å². The quantitative estimate of drug-likeness (QED) is 0.272. The van der Waals surface area contributed by atoms with Gasteiger partial charge in [0.2, 0.25) is 5.95 Å². The molecule has 6 rings (SSSR count). The van der Waals surface area contributed by atoms with Crippen LogP contribution in [0, 0.1) is 5.82 Å². The molecular formula is C28H25FN6O. The molecule has 0 aliphatic carbocycles. The summed E-state index contributed by atoms with van der Waals surface area (Å²) in [6, 6.07) is 23.2. The topological polar surface area (TPSA) is 67.6 Å². The molecule has 3 aromatic carbocycles. The Morgan fingerprint density at radius 3 is 2.69 bits per heavy atom. The minimum atomic E-state index is -0.455. The Kier molecular flexibility index (Phi) is 6.01. The van der Waals surface area contributed by atoms with E-state index in [9.17, 15) is 4.39 Å². The summed E-state index contributed by atoms with van der Waals surface area (Å²) >= 11 is 0. The molecule has 1 aliphatic heterocycles. The number of halogens is 1. The highest BCUT2D eigenvalue weighted by Gasteiger charge is 2.17. The van der Waals surface area contributed by atoms with E-state index in [0.717, 1.165) is 23.0 Å². The van der Waals surface area contributed by atoms with Crippen LogP contribution in [0.1, 0.15) is 11.1 Å². The molecule has 0 saturated carbocycles. The van der Waals surface area contributed by atoms with Crippen LogP contribution in [0.15, 0.2) is 84.2 Å². The Labute approximate surface area is 207 Å². The van der Waals surface area contributed by atoms with Crippen molar-refractivity contribution in [1.82, 2.24) is 14.5 Å². The molecule has 180 valence electrons. The highest BCUT2D eigenvalue weighted by Crippen LogP contribution is 2.23. The zero-order valence-corrected chi connectivity index (χ0v) is 19.6. The standard InChI is InChI=1S/C28H25FN6O/c29-25-17-30-28(32-27(25)34-11-13-36-14-12-34)33-31-16-23-19-35(26-8-4-3-7-24(23)26)18-20-9-10-21-5-1-2-6-22(21)15-20/h1-10,15-17,19H,11-14,18H2,(H,30,32,33)/b31-16+. The Bertz CT molecular complexity index is 1560. The summed E-state index contributed by atoms with van der Waals surface area (Å²) in [4.78, 5) is 10.2. The second kappa shape index (κ2) is 9.75. The van der Waals surface area contributed by atoms with E-state index in [0.29, 0.717) is 26.3 Å². The lowest BCUT2D eigenvalue weighted by molar-refractivity contribution is 0.122. The fourth-order valence-electron chi connectivity index (χ4n) is 4.61. The van der Waals surface area contributed by atoms with Gasteiger partial charge in [-0.25, -0.2) is 14.8 Å². The van der Waals surface area contributed by atoms with Gasteiger partial charge in [0, 0.05) is 42.3 Å². The van der Waals surface area contributed by atoms with Gasteiger partial charge in [0.15, 0.2) is 11.6 Å². The molecule has 1 aliphatic rings. The molecule has 8 heteroatoms. The van der Waals surface area contributed by atoms with Crippen molar-refractivity contribution >= 4 is 39.7 Å². The SMILES string of the molecule is Fc1cnc(N/N=C/c2cn(Cc3ccc4ccccc4c3)c3ccccc23)nc1N1CCOCC1. The van der Waals surface area contributed by atoms with E-state index < -0.39 is 5.82 Å². The fraction of sp³-hybridized carbons (Fsp3) is 0.179. The van der Waals surface area contributed by atoms with Crippen LogP contribution < -0.4 is 10.3 Å². The third-order valence-corrected chi connectivity index (χ3v) is 6.39. The number of hydrogen-bond acceptors (Lipinski definition) is 6. The van der Waals surface area contributed by atoms with E-state index in [2.05, 4.69) is 85.9 Å². The van der Waals surface area contributed by atoms with Crippen LogP contribution in [0.4, 0.5) is 16.2 Å². The van der Waals surface area contributed by atoms with Gasteiger partial charge in [-0.15, -0.1) is 0 Å². The van der Waals surface area contributed by atoms with Crippen molar-refractivity contribution in [2.24, 2.45) is 5.10 Å². The maximum atomic E-state index is 14.3. The lowest BCUT2D eigenvalue weighted by atomic mass is 10.1. The lowest BCUT2D eigenvalue weighted by Crippen LogP contribution is -2.37. The molecule has 0 amide bonds. The number of fused-ring (bicyclic) bond motifs is 2. The number of para-hydroxylation sites is 1. The molecule has 7 nitrogen and oxygen atoms in total. The van der Waals surface area contributed by atoms with Gasteiger partial charge in [0.1, 0.15) is 0 Å². The molecule has 0 atom stereocenters. The fourth-order valence-corrected chi connectivity index (χ4v) is 4.61. The van der Waals surface area contributed by atoms with Crippen molar-refractivity contribution in [2.75, 3.05) is 36.6 Å². The van der Waals surface area contributed by atoms with Crippen molar-refractivity contribution in [3.8, 4) is 0 Å².